The van der Waals surface area contributed by atoms with Crippen molar-refractivity contribution in [3.05, 3.63) is 65.2 Å². The summed E-state index contributed by atoms with van der Waals surface area (Å²) in [5.74, 6) is 2.07. The van der Waals surface area contributed by atoms with Crippen LogP contribution in [0.15, 0.2) is 53.4 Å². The van der Waals surface area contributed by atoms with E-state index in [9.17, 15) is 4.79 Å². The molecule has 0 saturated carbocycles. The summed E-state index contributed by atoms with van der Waals surface area (Å²) < 4.78 is 0. The van der Waals surface area contributed by atoms with E-state index in [0.717, 1.165) is 37.8 Å². The predicted molar refractivity (Wildman–Crippen MR) is 126 cm³/mol. The summed E-state index contributed by atoms with van der Waals surface area (Å²) in [5, 5.41) is 0. The molecule has 0 unspecified atom stereocenters. The van der Waals surface area contributed by atoms with Crippen LogP contribution in [0.4, 0.5) is 0 Å². The highest BCUT2D eigenvalue weighted by atomic mass is 32.2. The van der Waals surface area contributed by atoms with E-state index in [1.54, 1.807) is 0 Å². The van der Waals surface area contributed by atoms with Crippen LogP contribution in [0, 0.1) is 12.8 Å². The first-order chi connectivity index (χ1) is 14.6. The molecule has 0 bridgehead atoms. The number of carbonyl (C=O) groups excluding carboxylic acids is 1. The van der Waals surface area contributed by atoms with E-state index in [0.29, 0.717) is 12.3 Å². The number of carbonyl (C=O) groups is 1. The quantitative estimate of drug-likeness (QED) is 0.665. The van der Waals surface area contributed by atoms with E-state index < -0.39 is 0 Å². The highest BCUT2D eigenvalue weighted by Gasteiger charge is 2.26. The molecule has 2 aliphatic heterocycles. The number of aryl methyl sites for hydroxylation is 1. The first-order valence-corrected chi connectivity index (χ1v) is 12.3. The topological polar surface area (TPSA) is 23.6 Å². The molecule has 30 heavy (non-hydrogen) atoms. The van der Waals surface area contributed by atoms with Crippen molar-refractivity contribution in [2.75, 3.05) is 25.4 Å². The van der Waals surface area contributed by atoms with Gasteiger partial charge in [-0.2, -0.15) is 0 Å². The molecule has 0 aromatic heterocycles. The van der Waals surface area contributed by atoms with Crippen LogP contribution in [0.3, 0.4) is 0 Å². The average molecular weight is 423 g/mol. The maximum absolute atomic E-state index is 13.1. The maximum atomic E-state index is 13.1. The Morgan fingerprint density at radius 2 is 1.87 bits per heavy atom. The average Bonchev–Trinajstić information content (AvgIpc) is 2.92. The molecule has 2 aliphatic rings. The minimum atomic E-state index is 0.284. The SMILES string of the molecule is Cc1ccc2c(c1)CN(C(=O)CCN1CCC(Cc3ccccc3)CC1)[C@@H](C)CS2. The minimum Gasteiger partial charge on any atom is -0.335 e. The van der Waals surface area contributed by atoms with Gasteiger partial charge in [-0.05, 0) is 69.3 Å². The van der Waals surface area contributed by atoms with E-state index in [-0.39, 0.29) is 6.04 Å². The number of piperidine rings is 1. The van der Waals surface area contributed by atoms with Crippen molar-refractivity contribution in [2.24, 2.45) is 5.92 Å². The molecule has 4 rings (SSSR count). The first-order valence-electron chi connectivity index (χ1n) is 11.4. The van der Waals surface area contributed by atoms with Crippen LogP contribution in [0.25, 0.3) is 0 Å². The molecule has 0 spiro atoms. The molecule has 160 valence electrons. The van der Waals surface area contributed by atoms with Gasteiger partial charge in [-0.25, -0.2) is 0 Å². The third-order valence-electron chi connectivity index (χ3n) is 6.61. The fraction of sp³-hybridized carbons (Fsp3) is 0.500. The highest BCUT2D eigenvalue weighted by molar-refractivity contribution is 7.99. The number of rotatable bonds is 5. The zero-order chi connectivity index (χ0) is 20.9. The first kappa shape index (κ1) is 21.5. The summed E-state index contributed by atoms with van der Waals surface area (Å²) >= 11 is 1.89. The number of fused-ring (bicyclic) bond motifs is 1. The fourth-order valence-electron chi connectivity index (χ4n) is 4.71. The van der Waals surface area contributed by atoms with E-state index >= 15 is 0 Å². The van der Waals surface area contributed by atoms with E-state index in [1.807, 2.05) is 11.8 Å². The van der Waals surface area contributed by atoms with Crippen LogP contribution < -0.4 is 0 Å². The Kier molecular flexibility index (Phi) is 7.16. The molecular weight excluding hydrogens is 388 g/mol. The fourth-order valence-corrected chi connectivity index (χ4v) is 5.78. The van der Waals surface area contributed by atoms with Crippen LogP contribution in [0.5, 0.6) is 0 Å². The molecule has 0 N–H and O–H groups in total. The second kappa shape index (κ2) is 10.0. The largest absolute Gasteiger partial charge is 0.335 e. The number of nitrogens with zero attached hydrogens (tertiary/aromatic N) is 2. The molecule has 1 saturated heterocycles. The summed E-state index contributed by atoms with van der Waals surface area (Å²) in [6.07, 6.45) is 4.31. The van der Waals surface area contributed by atoms with Crippen molar-refractivity contribution in [2.45, 2.75) is 57.0 Å². The monoisotopic (exact) mass is 422 g/mol. The standard InChI is InChI=1S/C26H34N2OS/c1-20-8-9-25-24(16-20)18-28(21(2)19-30-25)26(29)12-15-27-13-10-23(11-14-27)17-22-6-4-3-5-7-22/h3-9,16,21,23H,10-15,17-19H2,1-2H3/t21-/m0/s1. The van der Waals surface area contributed by atoms with Crippen molar-refractivity contribution in [3.8, 4) is 0 Å². The molecule has 2 heterocycles. The second-order valence-corrected chi connectivity index (χ2v) is 10.1. The maximum Gasteiger partial charge on any atom is 0.224 e. The lowest BCUT2D eigenvalue weighted by Crippen LogP contribution is -2.41. The number of amides is 1. The third kappa shape index (κ3) is 5.47. The molecule has 1 atom stereocenters. The molecule has 0 aliphatic carbocycles. The van der Waals surface area contributed by atoms with Gasteiger partial charge in [-0.3, -0.25) is 4.79 Å². The Hall–Kier alpha value is -1.78. The van der Waals surface area contributed by atoms with Crippen molar-refractivity contribution in [3.63, 3.8) is 0 Å². The lowest BCUT2D eigenvalue weighted by atomic mass is 9.90. The van der Waals surface area contributed by atoms with Gasteiger partial charge < -0.3 is 9.80 Å². The number of hydrogen-bond donors (Lipinski definition) is 0. The molecule has 3 nitrogen and oxygen atoms in total. The molecule has 0 radical (unpaired) electrons. The Morgan fingerprint density at radius 3 is 2.63 bits per heavy atom. The molecule has 4 heteroatoms. The lowest BCUT2D eigenvalue weighted by Gasteiger charge is -2.33. The van der Waals surface area contributed by atoms with Gasteiger partial charge in [-0.1, -0.05) is 48.0 Å². The summed E-state index contributed by atoms with van der Waals surface area (Å²) in [7, 11) is 0. The van der Waals surface area contributed by atoms with Crippen LogP contribution in [-0.2, 0) is 17.8 Å². The van der Waals surface area contributed by atoms with Gasteiger partial charge in [0.05, 0.1) is 0 Å². The molecular formula is C26H34N2OS. The molecule has 1 amide bonds. The predicted octanol–water partition coefficient (Wildman–Crippen LogP) is 5.16. The van der Waals surface area contributed by atoms with Gasteiger partial charge in [0.2, 0.25) is 5.91 Å². The zero-order valence-corrected chi connectivity index (χ0v) is 19.2. The summed E-state index contributed by atoms with van der Waals surface area (Å²) in [6.45, 7) is 8.22. The second-order valence-electron chi connectivity index (χ2n) is 9.02. The minimum absolute atomic E-state index is 0.284. The van der Waals surface area contributed by atoms with Gasteiger partial charge in [0.15, 0.2) is 0 Å². The van der Waals surface area contributed by atoms with Crippen LogP contribution in [0.1, 0.15) is 42.9 Å². The van der Waals surface area contributed by atoms with Gasteiger partial charge in [0, 0.05) is 36.2 Å². The van der Waals surface area contributed by atoms with Gasteiger partial charge in [0.25, 0.3) is 0 Å². The van der Waals surface area contributed by atoms with E-state index in [4.69, 9.17) is 0 Å². The lowest BCUT2D eigenvalue weighted by molar-refractivity contribution is -0.133. The van der Waals surface area contributed by atoms with E-state index in [2.05, 4.69) is 72.2 Å². The number of hydrogen-bond acceptors (Lipinski definition) is 3. The Balaban J connectivity index is 1.26. The van der Waals surface area contributed by atoms with Crippen molar-refractivity contribution >= 4 is 17.7 Å². The van der Waals surface area contributed by atoms with Crippen LogP contribution in [-0.4, -0.2) is 47.1 Å². The normalized spacial score (nSPS) is 20.6. The van der Waals surface area contributed by atoms with Gasteiger partial charge in [0.1, 0.15) is 0 Å². The van der Waals surface area contributed by atoms with Crippen LogP contribution in [0.2, 0.25) is 0 Å². The zero-order valence-electron chi connectivity index (χ0n) is 18.3. The Morgan fingerprint density at radius 1 is 1.10 bits per heavy atom. The summed E-state index contributed by atoms with van der Waals surface area (Å²) in [6, 6.07) is 17.8. The third-order valence-corrected chi connectivity index (χ3v) is 7.96. The molecule has 2 aromatic carbocycles. The molecule has 1 fully saturated rings. The van der Waals surface area contributed by atoms with Gasteiger partial charge in [-0.15, -0.1) is 11.8 Å². The number of likely N-dealkylation sites (tertiary alicyclic amines) is 1. The Labute approximate surface area is 185 Å². The van der Waals surface area contributed by atoms with Crippen molar-refractivity contribution in [1.82, 2.24) is 9.80 Å². The van der Waals surface area contributed by atoms with E-state index in [1.165, 1.54) is 40.8 Å². The van der Waals surface area contributed by atoms with Crippen LogP contribution >= 0.6 is 11.8 Å². The highest BCUT2D eigenvalue weighted by Crippen LogP contribution is 2.31. The number of benzene rings is 2. The molecule has 2 aromatic rings. The van der Waals surface area contributed by atoms with Crippen molar-refractivity contribution < 1.29 is 4.79 Å². The Bertz CT molecular complexity index is 845. The number of thioether (sulfide) groups is 1. The summed E-state index contributed by atoms with van der Waals surface area (Å²) in [5.41, 5.74) is 4.03. The van der Waals surface area contributed by atoms with Gasteiger partial charge >= 0.3 is 0 Å². The van der Waals surface area contributed by atoms with Crippen molar-refractivity contribution in [1.29, 1.82) is 0 Å². The summed E-state index contributed by atoms with van der Waals surface area (Å²) in [4.78, 5) is 19.0. The smallest absolute Gasteiger partial charge is 0.224 e.